The van der Waals surface area contributed by atoms with Gasteiger partial charge in [0.05, 0.1) is 12.1 Å². The fourth-order valence-electron chi connectivity index (χ4n) is 2.89. The summed E-state index contributed by atoms with van der Waals surface area (Å²) in [5.74, 6) is -0.0602. The second-order valence-electron chi connectivity index (χ2n) is 4.82. The molecule has 1 aromatic carbocycles. The molecule has 2 fully saturated rings. The molecule has 3 rings (SSSR count). The fraction of sp³-hybridized carbons (Fsp3) is 0.462. The van der Waals surface area contributed by atoms with E-state index >= 15 is 0 Å². The van der Waals surface area contributed by atoms with Gasteiger partial charge in [0.15, 0.2) is 0 Å². The maximum Gasteiger partial charge on any atom is 0.240 e. The lowest BCUT2D eigenvalue weighted by molar-refractivity contribution is -0.134. The number of fused-ring (bicyclic) bond motifs is 2. The Hall–Kier alpha value is -1.42. The van der Waals surface area contributed by atoms with E-state index in [0.29, 0.717) is 6.04 Å². The normalized spacial score (nSPS) is 28.8. The summed E-state index contributed by atoms with van der Waals surface area (Å²) in [7, 11) is 0. The average Bonchev–Trinajstić information content (AvgIpc) is 2.89. The van der Waals surface area contributed by atoms with Crippen LogP contribution in [-0.2, 0) is 4.79 Å². The summed E-state index contributed by atoms with van der Waals surface area (Å²) in [5.41, 5.74) is 0.993. The molecule has 1 N–H and O–H groups in total. The number of nitrogens with zero attached hydrogens (tertiary/aromatic N) is 1. The van der Waals surface area contributed by atoms with Gasteiger partial charge in [0.1, 0.15) is 5.82 Å². The van der Waals surface area contributed by atoms with Gasteiger partial charge in [-0.3, -0.25) is 4.79 Å². The highest BCUT2D eigenvalue weighted by atomic mass is 19.1. The molecule has 90 valence electrons. The zero-order valence-electron chi connectivity index (χ0n) is 9.69. The van der Waals surface area contributed by atoms with Gasteiger partial charge in [0, 0.05) is 12.6 Å². The minimum absolute atomic E-state index is 0.00268. The van der Waals surface area contributed by atoms with Crippen LogP contribution in [0.2, 0.25) is 0 Å². The highest BCUT2D eigenvalue weighted by molar-refractivity contribution is 5.86. The van der Waals surface area contributed by atoms with E-state index < -0.39 is 0 Å². The predicted molar refractivity (Wildman–Crippen MR) is 61.9 cm³/mol. The van der Waals surface area contributed by atoms with Crippen molar-refractivity contribution in [2.45, 2.75) is 31.5 Å². The molecule has 17 heavy (non-hydrogen) atoms. The van der Waals surface area contributed by atoms with Crippen molar-refractivity contribution in [2.24, 2.45) is 0 Å². The summed E-state index contributed by atoms with van der Waals surface area (Å²) in [6.45, 7) is 2.88. The van der Waals surface area contributed by atoms with Gasteiger partial charge in [-0.1, -0.05) is 12.1 Å². The molecular formula is C13H15FN2O. The Kier molecular flexibility index (Phi) is 2.40. The second kappa shape index (κ2) is 3.81. The van der Waals surface area contributed by atoms with E-state index in [-0.39, 0.29) is 23.8 Å². The predicted octanol–water partition coefficient (Wildman–Crippen LogP) is 1.46. The van der Waals surface area contributed by atoms with Crippen molar-refractivity contribution >= 4 is 5.91 Å². The zero-order chi connectivity index (χ0) is 12.0. The molecule has 0 saturated carbocycles. The van der Waals surface area contributed by atoms with E-state index in [1.54, 1.807) is 12.1 Å². The largest absolute Gasteiger partial charge is 0.330 e. The minimum Gasteiger partial charge on any atom is -0.330 e. The van der Waals surface area contributed by atoms with Gasteiger partial charge >= 0.3 is 0 Å². The fourth-order valence-corrected chi connectivity index (χ4v) is 2.89. The van der Waals surface area contributed by atoms with E-state index in [2.05, 4.69) is 5.32 Å². The minimum atomic E-state index is -0.239. The number of halogens is 1. The van der Waals surface area contributed by atoms with Crippen LogP contribution >= 0.6 is 0 Å². The summed E-state index contributed by atoms with van der Waals surface area (Å²) in [5, 5.41) is 3.20. The molecule has 2 aliphatic rings. The molecule has 2 bridgehead atoms. The number of piperazine rings is 1. The van der Waals surface area contributed by atoms with Crippen molar-refractivity contribution in [1.82, 2.24) is 10.2 Å². The number of benzene rings is 1. The van der Waals surface area contributed by atoms with E-state index in [4.69, 9.17) is 0 Å². The van der Waals surface area contributed by atoms with Crippen LogP contribution in [0.15, 0.2) is 24.3 Å². The van der Waals surface area contributed by atoms with E-state index in [9.17, 15) is 9.18 Å². The molecule has 0 aromatic heterocycles. The van der Waals surface area contributed by atoms with Crippen molar-refractivity contribution < 1.29 is 9.18 Å². The number of amides is 1. The maximum absolute atomic E-state index is 12.9. The number of carbonyl (C=O) groups is 1. The Bertz CT molecular complexity index is 445. The van der Waals surface area contributed by atoms with E-state index in [1.165, 1.54) is 12.1 Å². The van der Waals surface area contributed by atoms with Gasteiger partial charge in [0.25, 0.3) is 0 Å². The topological polar surface area (TPSA) is 32.3 Å². The number of rotatable bonds is 2. The molecule has 4 heteroatoms. The van der Waals surface area contributed by atoms with Gasteiger partial charge in [0.2, 0.25) is 5.91 Å². The molecule has 2 heterocycles. The second-order valence-corrected chi connectivity index (χ2v) is 4.82. The van der Waals surface area contributed by atoms with Crippen molar-refractivity contribution in [3.8, 4) is 0 Å². The molecule has 2 aliphatic heterocycles. The van der Waals surface area contributed by atoms with Crippen LogP contribution in [0.1, 0.15) is 24.9 Å². The third-order valence-electron chi connectivity index (χ3n) is 3.82. The number of hydrogen-bond donors (Lipinski definition) is 1. The monoisotopic (exact) mass is 234 g/mol. The van der Waals surface area contributed by atoms with Crippen LogP contribution in [0.25, 0.3) is 0 Å². The van der Waals surface area contributed by atoms with Crippen molar-refractivity contribution in [3.63, 3.8) is 0 Å². The average molecular weight is 234 g/mol. The molecule has 3 nitrogen and oxygen atoms in total. The molecule has 1 amide bonds. The third kappa shape index (κ3) is 1.63. The molecule has 2 saturated heterocycles. The molecule has 3 atom stereocenters. The first-order valence-electron chi connectivity index (χ1n) is 5.98. The first-order valence-corrected chi connectivity index (χ1v) is 5.98. The smallest absolute Gasteiger partial charge is 0.240 e. The highest BCUT2D eigenvalue weighted by Crippen LogP contribution is 2.33. The lowest BCUT2D eigenvalue weighted by atomic mass is 10.1. The summed E-state index contributed by atoms with van der Waals surface area (Å²) < 4.78 is 12.9. The molecule has 1 aromatic rings. The van der Waals surface area contributed by atoms with Crippen LogP contribution in [0, 0.1) is 5.82 Å². The Morgan fingerprint density at radius 3 is 2.71 bits per heavy atom. The molecular weight excluding hydrogens is 219 g/mol. The lowest BCUT2D eigenvalue weighted by Gasteiger charge is -2.33. The van der Waals surface area contributed by atoms with Gasteiger partial charge in [-0.15, -0.1) is 0 Å². The van der Waals surface area contributed by atoms with Crippen LogP contribution < -0.4 is 5.32 Å². The third-order valence-corrected chi connectivity index (χ3v) is 3.82. The van der Waals surface area contributed by atoms with Crippen molar-refractivity contribution in [3.05, 3.63) is 35.6 Å². The summed E-state index contributed by atoms with van der Waals surface area (Å²) in [6.07, 6.45) is 0.907. The van der Waals surface area contributed by atoms with Crippen LogP contribution in [0.3, 0.4) is 0 Å². The Morgan fingerprint density at radius 2 is 2.12 bits per heavy atom. The van der Waals surface area contributed by atoms with Crippen molar-refractivity contribution in [1.29, 1.82) is 0 Å². The number of hydrogen-bond acceptors (Lipinski definition) is 2. The summed E-state index contributed by atoms with van der Waals surface area (Å²) in [4.78, 5) is 14.0. The highest BCUT2D eigenvalue weighted by Gasteiger charge is 2.46. The Balaban J connectivity index is 1.85. The van der Waals surface area contributed by atoms with Gasteiger partial charge in [-0.2, -0.15) is 0 Å². The first-order chi connectivity index (χ1) is 8.16. The standard InChI is InChI=1S/C13H15FN2O/c1-8(9-2-4-10(14)5-3-9)16-11-6-12(13(16)17)15-7-11/h2-5,8,11-12,15H,6-7H2,1H3. The number of likely N-dealkylation sites (tertiary alicyclic amines) is 1. The van der Waals surface area contributed by atoms with Crippen LogP contribution in [0.4, 0.5) is 4.39 Å². The van der Waals surface area contributed by atoms with Gasteiger partial charge in [-0.05, 0) is 31.0 Å². The Labute approximate surface area is 99.6 Å². The molecule has 0 aliphatic carbocycles. The maximum atomic E-state index is 12.9. The quantitative estimate of drug-likeness (QED) is 0.840. The zero-order valence-corrected chi connectivity index (χ0v) is 9.69. The number of nitrogens with one attached hydrogen (secondary N) is 1. The van der Waals surface area contributed by atoms with Crippen molar-refractivity contribution in [2.75, 3.05) is 6.54 Å². The van der Waals surface area contributed by atoms with Crippen LogP contribution in [-0.4, -0.2) is 29.4 Å². The Morgan fingerprint density at radius 1 is 1.41 bits per heavy atom. The first kappa shape index (κ1) is 10.7. The molecule has 3 unspecified atom stereocenters. The van der Waals surface area contributed by atoms with E-state index in [1.807, 2.05) is 11.8 Å². The van der Waals surface area contributed by atoms with Gasteiger partial charge < -0.3 is 10.2 Å². The summed E-state index contributed by atoms with van der Waals surface area (Å²) >= 11 is 0. The van der Waals surface area contributed by atoms with E-state index in [0.717, 1.165) is 18.5 Å². The van der Waals surface area contributed by atoms with Crippen LogP contribution in [0.5, 0.6) is 0 Å². The SMILES string of the molecule is CC(c1ccc(F)cc1)N1C(=O)C2CC1CN2. The number of carbonyl (C=O) groups excluding carboxylic acids is 1. The summed E-state index contributed by atoms with van der Waals surface area (Å²) in [6, 6.07) is 6.74. The molecule has 0 radical (unpaired) electrons. The van der Waals surface area contributed by atoms with Gasteiger partial charge in [-0.25, -0.2) is 4.39 Å². The molecule has 0 spiro atoms. The lowest BCUT2D eigenvalue weighted by Crippen LogP contribution is -2.48.